The molecule has 0 saturated carbocycles. The molecule has 1 amide bonds. The topological polar surface area (TPSA) is 76.9 Å². The zero-order valence-electron chi connectivity index (χ0n) is 10.7. The fraction of sp³-hybridized carbons (Fsp3) is 0.818. The first kappa shape index (κ1) is 13.8. The zero-order chi connectivity index (χ0) is 13.1. The molecule has 1 rings (SSSR count). The van der Waals surface area contributed by atoms with Crippen molar-refractivity contribution in [1.29, 1.82) is 5.41 Å². The first-order valence-electron chi connectivity index (χ1n) is 5.74. The average Bonchev–Trinajstić information content (AvgIpc) is 2.26. The van der Waals surface area contributed by atoms with Gasteiger partial charge in [-0.3, -0.25) is 5.41 Å². The number of piperazine rings is 1. The Morgan fingerprint density at radius 3 is 2.12 bits per heavy atom. The van der Waals surface area contributed by atoms with Gasteiger partial charge in [0.1, 0.15) is 18.0 Å². The first-order valence-corrected chi connectivity index (χ1v) is 5.74. The number of hydrogen-bond donors (Lipinski definition) is 2. The number of carbonyl (C=O) groups excluding carboxylic acids is 1. The Balaban J connectivity index is 2.42. The number of amides is 1. The fourth-order valence-corrected chi connectivity index (χ4v) is 1.59. The van der Waals surface area contributed by atoms with Crippen molar-refractivity contribution >= 4 is 11.9 Å². The van der Waals surface area contributed by atoms with Crippen LogP contribution in [0.15, 0.2) is 0 Å². The van der Waals surface area contributed by atoms with Crippen molar-refractivity contribution < 1.29 is 14.6 Å². The van der Waals surface area contributed by atoms with Crippen molar-refractivity contribution in [3.8, 4) is 0 Å². The van der Waals surface area contributed by atoms with E-state index in [2.05, 4.69) is 0 Å². The molecule has 1 fully saturated rings. The highest BCUT2D eigenvalue weighted by atomic mass is 16.6. The maximum absolute atomic E-state index is 11.7. The number of nitrogens with zero attached hydrogens (tertiary/aromatic N) is 2. The van der Waals surface area contributed by atoms with E-state index in [9.17, 15) is 4.79 Å². The van der Waals surface area contributed by atoms with Gasteiger partial charge in [0.05, 0.1) is 0 Å². The number of carbonyl (C=O) groups is 1. The standard InChI is InChI=1S/C11H21N3O3/c1-11(2,3)17-10(16)14-6-4-13(5-7-14)9(12)8-15/h12,15H,4-8H2,1-3H3. The minimum Gasteiger partial charge on any atom is -0.444 e. The summed E-state index contributed by atoms with van der Waals surface area (Å²) in [6, 6.07) is 0. The minimum atomic E-state index is -0.480. The molecule has 1 aliphatic rings. The number of nitrogens with one attached hydrogen (secondary N) is 1. The first-order chi connectivity index (χ1) is 7.83. The van der Waals surface area contributed by atoms with Gasteiger partial charge in [-0.1, -0.05) is 0 Å². The highest BCUT2D eigenvalue weighted by Gasteiger charge is 2.26. The maximum Gasteiger partial charge on any atom is 0.410 e. The number of ether oxygens (including phenoxy) is 1. The van der Waals surface area contributed by atoms with Crippen LogP contribution in [0.2, 0.25) is 0 Å². The summed E-state index contributed by atoms with van der Waals surface area (Å²) in [5.41, 5.74) is -0.480. The third-order valence-corrected chi connectivity index (χ3v) is 2.46. The lowest BCUT2D eigenvalue weighted by atomic mass is 10.2. The third-order valence-electron chi connectivity index (χ3n) is 2.46. The van der Waals surface area contributed by atoms with Gasteiger partial charge in [0.2, 0.25) is 0 Å². The van der Waals surface area contributed by atoms with Crippen LogP contribution >= 0.6 is 0 Å². The van der Waals surface area contributed by atoms with Crippen LogP contribution < -0.4 is 0 Å². The van der Waals surface area contributed by atoms with Gasteiger partial charge in [0.25, 0.3) is 0 Å². The summed E-state index contributed by atoms with van der Waals surface area (Å²) in [4.78, 5) is 15.1. The number of aliphatic hydroxyl groups excluding tert-OH is 1. The van der Waals surface area contributed by atoms with Crippen LogP contribution in [0.4, 0.5) is 4.79 Å². The largest absolute Gasteiger partial charge is 0.444 e. The molecule has 1 saturated heterocycles. The molecule has 17 heavy (non-hydrogen) atoms. The van der Waals surface area contributed by atoms with Crippen LogP contribution in [0.1, 0.15) is 20.8 Å². The molecule has 6 nitrogen and oxygen atoms in total. The fourth-order valence-electron chi connectivity index (χ4n) is 1.59. The third kappa shape index (κ3) is 4.22. The molecule has 0 bridgehead atoms. The second kappa shape index (κ2) is 5.35. The van der Waals surface area contributed by atoms with Crippen molar-refractivity contribution in [3.05, 3.63) is 0 Å². The summed E-state index contributed by atoms with van der Waals surface area (Å²) < 4.78 is 5.26. The molecule has 0 aromatic rings. The molecule has 0 aliphatic carbocycles. The van der Waals surface area contributed by atoms with Gasteiger partial charge in [-0.25, -0.2) is 4.79 Å². The molecule has 0 atom stereocenters. The molecule has 0 unspecified atom stereocenters. The summed E-state index contributed by atoms with van der Waals surface area (Å²) in [6.07, 6.45) is -0.312. The lowest BCUT2D eigenvalue weighted by molar-refractivity contribution is 0.0184. The van der Waals surface area contributed by atoms with Crippen LogP contribution in [-0.2, 0) is 4.74 Å². The maximum atomic E-state index is 11.7. The Hall–Kier alpha value is -1.30. The van der Waals surface area contributed by atoms with Crippen molar-refractivity contribution in [2.45, 2.75) is 26.4 Å². The molecule has 1 heterocycles. The van der Waals surface area contributed by atoms with E-state index in [0.717, 1.165) is 0 Å². The molecule has 0 spiro atoms. The molecular formula is C11H21N3O3. The van der Waals surface area contributed by atoms with Gasteiger partial charge in [0.15, 0.2) is 0 Å². The van der Waals surface area contributed by atoms with Crippen molar-refractivity contribution in [2.75, 3.05) is 32.8 Å². The van der Waals surface area contributed by atoms with Crippen LogP contribution in [-0.4, -0.2) is 65.2 Å². The monoisotopic (exact) mass is 243 g/mol. The lowest BCUT2D eigenvalue weighted by Gasteiger charge is -2.36. The molecule has 0 aromatic carbocycles. The van der Waals surface area contributed by atoms with Gasteiger partial charge in [-0.05, 0) is 20.8 Å². The van der Waals surface area contributed by atoms with E-state index < -0.39 is 5.60 Å². The lowest BCUT2D eigenvalue weighted by Crippen LogP contribution is -2.52. The normalized spacial score (nSPS) is 16.9. The Morgan fingerprint density at radius 1 is 1.24 bits per heavy atom. The number of amidine groups is 1. The molecule has 6 heteroatoms. The zero-order valence-corrected chi connectivity index (χ0v) is 10.7. The molecule has 1 aliphatic heterocycles. The van der Waals surface area contributed by atoms with E-state index in [0.29, 0.717) is 26.2 Å². The Bertz CT molecular complexity index is 291. The quantitative estimate of drug-likeness (QED) is 0.519. The van der Waals surface area contributed by atoms with E-state index in [1.54, 1.807) is 9.80 Å². The van der Waals surface area contributed by atoms with Crippen LogP contribution in [0, 0.1) is 5.41 Å². The van der Waals surface area contributed by atoms with E-state index in [-0.39, 0.29) is 18.5 Å². The average molecular weight is 243 g/mol. The Morgan fingerprint density at radius 2 is 1.71 bits per heavy atom. The van der Waals surface area contributed by atoms with Gasteiger partial charge in [-0.2, -0.15) is 0 Å². The van der Waals surface area contributed by atoms with Gasteiger partial charge >= 0.3 is 6.09 Å². The molecular weight excluding hydrogens is 222 g/mol. The van der Waals surface area contributed by atoms with E-state index >= 15 is 0 Å². The second-order valence-electron chi connectivity index (χ2n) is 5.06. The Kier molecular flexibility index (Phi) is 4.34. The molecule has 2 N–H and O–H groups in total. The number of hydrogen-bond acceptors (Lipinski definition) is 4. The smallest absolute Gasteiger partial charge is 0.410 e. The van der Waals surface area contributed by atoms with Gasteiger partial charge in [-0.15, -0.1) is 0 Å². The molecule has 0 aromatic heterocycles. The van der Waals surface area contributed by atoms with Gasteiger partial charge < -0.3 is 19.6 Å². The van der Waals surface area contributed by atoms with Crippen molar-refractivity contribution in [3.63, 3.8) is 0 Å². The van der Waals surface area contributed by atoms with Gasteiger partial charge in [0, 0.05) is 26.2 Å². The number of rotatable bonds is 1. The van der Waals surface area contributed by atoms with Crippen LogP contribution in [0.5, 0.6) is 0 Å². The summed E-state index contributed by atoms with van der Waals surface area (Å²) in [5.74, 6) is 0.203. The van der Waals surface area contributed by atoms with Crippen molar-refractivity contribution in [2.24, 2.45) is 0 Å². The van der Waals surface area contributed by atoms with E-state index in [1.807, 2.05) is 20.8 Å². The minimum absolute atomic E-state index is 0.203. The second-order valence-corrected chi connectivity index (χ2v) is 5.06. The van der Waals surface area contributed by atoms with E-state index in [1.165, 1.54) is 0 Å². The summed E-state index contributed by atoms with van der Waals surface area (Å²) in [7, 11) is 0. The number of aliphatic hydroxyl groups is 1. The highest BCUT2D eigenvalue weighted by Crippen LogP contribution is 2.11. The predicted octanol–water partition coefficient (Wildman–Crippen LogP) is 0.509. The summed E-state index contributed by atoms with van der Waals surface area (Å²) >= 11 is 0. The molecule has 98 valence electrons. The summed E-state index contributed by atoms with van der Waals surface area (Å²) in [6.45, 7) is 7.44. The van der Waals surface area contributed by atoms with Crippen LogP contribution in [0.25, 0.3) is 0 Å². The van der Waals surface area contributed by atoms with Crippen LogP contribution in [0.3, 0.4) is 0 Å². The Labute approximate surface area is 102 Å². The predicted molar refractivity (Wildman–Crippen MR) is 64.2 cm³/mol. The SMILES string of the molecule is CC(C)(C)OC(=O)N1CCN(C(=N)CO)CC1. The summed E-state index contributed by atoms with van der Waals surface area (Å²) in [5, 5.41) is 16.3. The highest BCUT2D eigenvalue weighted by molar-refractivity contribution is 5.80. The van der Waals surface area contributed by atoms with Crippen molar-refractivity contribution in [1.82, 2.24) is 9.80 Å². The van der Waals surface area contributed by atoms with E-state index in [4.69, 9.17) is 15.3 Å². The molecule has 0 radical (unpaired) electrons.